The van der Waals surface area contributed by atoms with Gasteiger partial charge in [0.15, 0.2) is 0 Å². The van der Waals surface area contributed by atoms with E-state index in [2.05, 4.69) is 10.00 Å². The van der Waals surface area contributed by atoms with Crippen LogP contribution in [0.4, 0.5) is 0 Å². The van der Waals surface area contributed by atoms with Gasteiger partial charge in [-0.1, -0.05) is 0 Å². The van der Waals surface area contributed by atoms with Gasteiger partial charge in [-0.2, -0.15) is 5.10 Å². The first-order valence-corrected chi connectivity index (χ1v) is 8.42. The van der Waals surface area contributed by atoms with Crippen LogP contribution in [0.1, 0.15) is 25.7 Å². The molecule has 1 aromatic heterocycles. The molecule has 2 aliphatic rings. The Labute approximate surface area is 136 Å². The number of carbonyl (C=O) groups is 2. The first-order valence-electron chi connectivity index (χ1n) is 8.42. The van der Waals surface area contributed by atoms with Crippen molar-refractivity contribution in [1.29, 1.82) is 0 Å². The van der Waals surface area contributed by atoms with E-state index in [0.29, 0.717) is 38.5 Å². The van der Waals surface area contributed by atoms with Crippen LogP contribution in [-0.4, -0.2) is 63.6 Å². The molecule has 0 spiro atoms. The normalized spacial score (nSPS) is 23.3. The molecule has 0 aromatic carbocycles. The van der Waals surface area contributed by atoms with E-state index < -0.39 is 0 Å². The minimum Gasteiger partial charge on any atom is -0.369 e. The number of amides is 2. The zero-order valence-electron chi connectivity index (χ0n) is 13.4. The van der Waals surface area contributed by atoms with Gasteiger partial charge in [0.25, 0.3) is 0 Å². The molecule has 1 atom stereocenters. The Kier molecular flexibility index (Phi) is 4.95. The monoisotopic (exact) mass is 319 g/mol. The average molecular weight is 319 g/mol. The lowest BCUT2D eigenvalue weighted by Crippen LogP contribution is -2.47. The average Bonchev–Trinajstić information content (AvgIpc) is 3.20. The quantitative estimate of drug-likeness (QED) is 0.832. The molecule has 0 radical (unpaired) electrons. The molecule has 7 nitrogen and oxygen atoms in total. The van der Waals surface area contributed by atoms with Gasteiger partial charge in [-0.05, 0) is 38.3 Å². The van der Waals surface area contributed by atoms with Crippen LogP contribution in [0.15, 0.2) is 18.5 Å². The molecule has 3 heterocycles. The molecule has 2 fully saturated rings. The number of aromatic nitrogens is 2. The lowest BCUT2D eigenvalue weighted by Gasteiger charge is -2.33. The van der Waals surface area contributed by atoms with Crippen molar-refractivity contribution in [2.45, 2.75) is 38.3 Å². The minimum atomic E-state index is -0.240. The van der Waals surface area contributed by atoms with Crippen LogP contribution in [0, 0.1) is 5.92 Å². The van der Waals surface area contributed by atoms with Crippen molar-refractivity contribution in [2.24, 2.45) is 11.7 Å². The van der Waals surface area contributed by atoms with Gasteiger partial charge in [-0.3, -0.25) is 19.2 Å². The first kappa shape index (κ1) is 16.0. The lowest BCUT2D eigenvalue weighted by atomic mass is 9.96. The number of piperidine rings is 1. The number of nitrogens with zero attached hydrogens (tertiary/aromatic N) is 4. The number of primary amides is 1. The molecule has 2 saturated heterocycles. The molecule has 2 aliphatic heterocycles. The van der Waals surface area contributed by atoms with Crippen LogP contribution in [0.2, 0.25) is 0 Å². The molecule has 1 unspecified atom stereocenters. The Hall–Kier alpha value is -1.89. The topological polar surface area (TPSA) is 84.5 Å². The summed E-state index contributed by atoms with van der Waals surface area (Å²) in [7, 11) is 0. The summed E-state index contributed by atoms with van der Waals surface area (Å²) in [6.45, 7) is 3.56. The van der Waals surface area contributed by atoms with Crippen molar-refractivity contribution in [3.05, 3.63) is 18.5 Å². The molecule has 1 aromatic rings. The highest BCUT2D eigenvalue weighted by Gasteiger charge is 2.30. The molecular formula is C16H25N5O2. The summed E-state index contributed by atoms with van der Waals surface area (Å²) < 4.78 is 1.94. The van der Waals surface area contributed by atoms with Crippen molar-refractivity contribution >= 4 is 11.8 Å². The van der Waals surface area contributed by atoms with E-state index >= 15 is 0 Å². The highest BCUT2D eigenvalue weighted by Crippen LogP contribution is 2.20. The molecular weight excluding hydrogens is 294 g/mol. The molecule has 0 bridgehead atoms. The Morgan fingerprint density at radius 3 is 2.61 bits per heavy atom. The second-order valence-electron chi connectivity index (χ2n) is 6.55. The second kappa shape index (κ2) is 7.12. The minimum absolute atomic E-state index is 0.0709. The van der Waals surface area contributed by atoms with E-state index in [9.17, 15) is 9.59 Å². The van der Waals surface area contributed by atoms with Gasteiger partial charge in [0.2, 0.25) is 11.8 Å². The fraction of sp³-hybridized carbons (Fsp3) is 0.688. The summed E-state index contributed by atoms with van der Waals surface area (Å²) in [6.07, 6.45) is 7.37. The van der Waals surface area contributed by atoms with Crippen molar-refractivity contribution in [3.63, 3.8) is 0 Å². The number of carbonyl (C=O) groups excluding carboxylic acids is 2. The highest BCUT2D eigenvalue weighted by atomic mass is 16.2. The van der Waals surface area contributed by atoms with Gasteiger partial charge >= 0.3 is 0 Å². The largest absolute Gasteiger partial charge is 0.369 e. The van der Waals surface area contributed by atoms with Gasteiger partial charge in [0.05, 0.1) is 13.1 Å². The fourth-order valence-electron chi connectivity index (χ4n) is 3.62. The van der Waals surface area contributed by atoms with E-state index in [1.165, 1.54) is 0 Å². The highest BCUT2D eigenvalue weighted by molar-refractivity contribution is 5.80. The van der Waals surface area contributed by atoms with Crippen LogP contribution in [0.25, 0.3) is 0 Å². The summed E-state index contributed by atoms with van der Waals surface area (Å²) in [6, 6.07) is 2.30. The van der Waals surface area contributed by atoms with Crippen LogP contribution in [0.5, 0.6) is 0 Å². The van der Waals surface area contributed by atoms with E-state index in [1.807, 2.05) is 21.8 Å². The maximum atomic E-state index is 12.5. The summed E-state index contributed by atoms with van der Waals surface area (Å²) >= 11 is 0. The number of hydrogen-bond donors (Lipinski definition) is 1. The summed E-state index contributed by atoms with van der Waals surface area (Å²) in [4.78, 5) is 27.9. The van der Waals surface area contributed by atoms with Gasteiger partial charge in [0.1, 0.15) is 0 Å². The van der Waals surface area contributed by atoms with Gasteiger partial charge in [0, 0.05) is 37.4 Å². The molecule has 2 amide bonds. The fourth-order valence-corrected chi connectivity index (χ4v) is 3.62. The third-order valence-electron chi connectivity index (χ3n) is 5.04. The van der Waals surface area contributed by atoms with Crippen molar-refractivity contribution < 1.29 is 9.59 Å². The first-order chi connectivity index (χ1) is 11.1. The van der Waals surface area contributed by atoms with Crippen molar-refractivity contribution in [2.75, 3.05) is 26.2 Å². The number of hydrogen-bond acceptors (Lipinski definition) is 4. The summed E-state index contributed by atoms with van der Waals surface area (Å²) in [5.74, 6) is -0.144. The van der Waals surface area contributed by atoms with E-state index in [4.69, 9.17) is 5.73 Å². The van der Waals surface area contributed by atoms with Crippen molar-refractivity contribution in [3.8, 4) is 0 Å². The number of likely N-dealkylation sites (tertiary alicyclic amines) is 2. The van der Waals surface area contributed by atoms with Gasteiger partial charge in [-0.25, -0.2) is 0 Å². The number of rotatable bonds is 5. The van der Waals surface area contributed by atoms with Crippen LogP contribution in [0.3, 0.4) is 0 Å². The summed E-state index contributed by atoms with van der Waals surface area (Å²) in [5, 5.41) is 4.26. The maximum Gasteiger partial charge on any atom is 0.236 e. The Bertz CT molecular complexity index is 537. The number of nitrogens with two attached hydrogens (primary N) is 1. The summed E-state index contributed by atoms with van der Waals surface area (Å²) in [5.41, 5.74) is 5.34. The molecule has 3 rings (SSSR count). The lowest BCUT2D eigenvalue weighted by molar-refractivity contribution is -0.136. The van der Waals surface area contributed by atoms with Crippen LogP contribution >= 0.6 is 0 Å². The SMILES string of the molecule is NC(=O)C1CCN(C(=O)CN2CCCC2Cn2cccn2)CC1. The smallest absolute Gasteiger partial charge is 0.236 e. The maximum absolute atomic E-state index is 12.5. The van der Waals surface area contributed by atoms with Crippen molar-refractivity contribution in [1.82, 2.24) is 19.6 Å². The molecule has 0 aliphatic carbocycles. The van der Waals surface area contributed by atoms with E-state index in [1.54, 1.807) is 6.20 Å². The molecule has 2 N–H and O–H groups in total. The Morgan fingerprint density at radius 1 is 1.17 bits per heavy atom. The Morgan fingerprint density at radius 2 is 1.96 bits per heavy atom. The van der Waals surface area contributed by atoms with Gasteiger partial charge < -0.3 is 10.6 Å². The molecule has 23 heavy (non-hydrogen) atoms. The zero-order chi connectivity index (χ0) is 16.2. The standard InChI is InChI=1S/C16H25N5O2/c17-16(23)13-4-9-19(10-5-13)15(22)12-20-7-1-3-14(20)11-21-8-2-6-18-21/h2,6,8,13-14H,1,3-5,7,9-12H2,(H2,17,23). The Balaban J connectivity index is 1.50. The van der Waals surface area contributed by atoms with E-state index in [0.717, 1.165) is 25.9 Å². The zero-order valence-corrected chi connectivity index (χ0v) is 13.4. The third kappa shape index (κ3) is 3.90. The third-order valence-corrected chi connectivity index (χ3v) is 5.04. The van der Waals surface area contributed by atoms with Crippen LogP contribution in [-0.2, 0) is 16.1 Å². The van der Waals surface area contributed by atoms with E-state index in [-0.39, 0.29) is 17.7 Å². The molecule has 0 saturated carbocycles. The van der Waals surface area contributed by atoms with Gasteiger partial charge in [-0.15, -0.1) is 0 Å². The predicted octanol–water partition coefficient (Wildman–Crippen LogP) is 0.0714. The second-order valence-corrected chi connectivity index (χ2v) is 6.55. The van der Waals surface area contributed by atoms with Crippen LogP contribution < -0.4 is 5.73 Å². The predicted molar refractivity (Wildman–Crippen MR) is 85.3 cm³/mol. The molecule has 126 valence electrons. The molecule has 7 heteroatoms.